The number of carboxylic acids is 1. The minimum atomic E-state index is -1.54. The van der Waals surface area contributed by atoms with Crippen LogP contribution in [-0.2, 0) is 9.53 Å². The van der Waals surface area contributed by atoms with Crippen LogP contribution in [0.15, 0.2) is 11.9 Å². The molecule has 0 fully saturated rings. The van der Waals surface area contributed by atoms with Crippen molar-refractivity contribution in [2.75, 3.05) is 6.54 Å². The summed E-state index contributed by atoms with van der Waals surface area (Å²) in [5.41, 5.74) is -0.511. The van der Waals surface area contributed by atoms with E-state index >= 15 is 0 Å². The van der Waals surface area contributed by atoms with Gasteiger partial charge in [0.05, 0.1) is 0 Å². The number of alkyl carbamates (subject to hydrolysis) is 1. The fourth-order valence-electron chi connectivity index (χ4n) is 1.27. The van der Waals surface area contributed by atoms with Crippen molar-refractivity contribution < 1.29 is 23.8 Å². The number of carboxylic acid groups (broad SMARTS) is 1. The van der Waals surface area contributed by atoms with Crippen molar-refractivity contribution in [1.29, 1.82) is 0 Å². The highest BCUT2D eigenvalue weighted by molar-refractivity contribution is 5.83. The Hall–Kier alpha value is -1.59. The van der Waals surface area contributed by atoms with Crippen LogP contribution in [0.1, 0.15) is 46.5 Å². The minimum absolute atomic E-state index is 0.380. The average molecular weight is 275 g/mol. The molecule has 0 radical (unpaired) electrons. The quantitative estimate of drug-likeness (QED) is 0.553. The number of amides is 1. The molecule has 0 spiro atoms. The molecule has 6 heteroatoms. The van der Waals surface area contributed by atoms with Crippen LogP contribution in [0.25, 0.3) is 0 Å². The summed E-state index contributed by atoms with van der Waals surface area (Å²) < 4.78 is 17.6. The first-order valence-electron chi connectivity index (χ1n) is 6.28. The SMILES string of the molecule is CC(C)(C)OC(=O)NCCCCCC=C(F)C(=O)O. The van der Waals surface area contributed by atoms with E-state index in [4.69, 9.17) is 9.84 Å². The molecule has 0 bridgehead atoms. The standard InChI is InChI=1S/C13H22FNO4/c1-13(2,3)19-12(18)15-9-7-5-4-6-8-10(14)11(16)17/h8H,4-7,9H2,1-3H3,(H,15,18)(H,16,17). The smallest absolute Gasteiger partial charge is 0.407 e. The van der Waals surface area contributed by atoms with Crippen LogP contribution in [0.5, 0.6) is 0 Å². The van der Waals surface area contributed by atoms with Gasteiger partial charge in [-0.25, -0.2) is 9.59 Å². The predicted octanol–water partition coefficient (Wildman–Crippen LogP) is 3.01. The Morgan fingerprint density at radius 2 is 1.89 bits per heavy atom. The van der Waals surface area contributed by atoms with Gasteiger partial charge in [0.2, 0.25) is 5.83 Å². The van der Waals surface area contributed by atoms with E-state index in [0.29, 0.717) is 19.4 Å². The average Bonchev–Trinajstić information content (AvgIpc) is 2.24. The topological polar surface area (TPSA) is 75.6 Å². The van der Waals surface area contributed by atoms with Crippen LogP contribution in [0.2, 0.25) is 0 Å². The Bertz CT molecular complexity index is 334. The molecule has 0 unspecified atom stereocenters. The number of carbonyl (C=O) groups excluding carboxylic acids is 1. The number of rotatable bonds is 7. The predicted molar refractivity (Wildman–Crippen MR) is 69.5 cm³/mol. The number of ether oxygens (including phenoxy) is 1. The zero-order valence-corrected chi connectivity index (χ0v) is 11.7. The number of allylic oxidation sites excluding steroid dienone is 1. The Balaban J connectivity index is 3.54. The van der Waals surface area contributed by atoms with E-state index in [9.17, 15) is 14.0 Å². The first kappa shape index (κ1) is 17.4. The molecule has 0 saturated heterocycles. The number of halogens is 1. The van der Waals surface area contributed by atoms with Crippen LogP contribution in [-0.4, -0.2) is 29.3 Å². The molecule has 0 aliphatic rings. The minimum Gasteiger partial charge on any atom is -0.476 e. The van der Waals surface area contributed by atoms with E-state index in [1.807, 2.05) is 0 Å². The summed E-state index contributed by atoms with van der Waals surface area (Å²) in [6.45, 7) is 5.85. The second-order valence-corrected chi connectivity index (χ2v) is 5.14. The fourth-order valence-corrected chi connectivity index (χ4v) is 1.27. The van der Waals surface area contributed by atoms with Crippen LogP contribution in [0, 0.1) is 0 Å². The molecule has 0 aromatic rings. The molecule has 2 N–H and O–H groups in total. The van der Waals surface area contributed by atoms with E-state index in [2.05, 4.69) is 5.32 Å². The summed E-state index contributed by atoms with van der Waals surface area (Å²) in [5.74, 6) is -2.65. The molecule has 110 valence electrons. The number of hydrogen-bond acceptors (Lipinski definition) is 3. The molecule has 1 amide bonds. The summed E-state index contributed by atoms with van der Waals surface area (Å²) in [6, 6.07) is 0. The van der Waals surface area contributed by atoms with Crippen LogP contribution >= 0.6 is 0 Å². The summed E-state index contributed by atoms with van der Waals surface area (Å²) >= 11 is 0. The number of aliphatic carboxylic acids is 1. The highest BCUT2D eigenvalue weighted by atomic mass is 19.1. The molecule has 0 aromatic carbocycles. The van der Waals surface area contributed by atoms with Gasteiger partial charge in [-0.15, -0.1) is 0 Å². The van der Waals surface area contributed by atoms with Gasteiger partial charge < -0.3 is 15.2 Å². The lowest BCUT2D eigenvalue weighted by Gasteiger charge is -2.19. The van der Waals surface area contributed by atoms with Crippen molar-refractivity contribution in [3.63, 3.8) is 0 Å². The lowest BCUT2D eigenvalue weighted by atomic mass is 10.2. The lowest BCUT2D eigenvalue weighted by molar-refractivity contribution is -0.134. The molecule has 0 atom stereocenters. The molecule has 0 aromatic heterocycles. The molecule has 0 rings (SSSR count). The third-order valence-corrected chi connectivity index (χ3v) is 2.08. The van der Waals surface area contributed by atoms with E-state index in [-0.39, 0.29) is 0 Å². The number of hydrogen-bond donors (Lipinski definition) is 2. The van der Waals surface area contributed by atoms with Gasteiger partial charge >= 0.3 is 12.1 Å². The van der Waals surface area contributed by atoms with Crippen LogP contribution in [0.4, 0.5) is 9.18 Å². The largest absolute Gasteiger partial charge is 0.476 e. The molecule has 0 aliphatic carbocycles. The summed E-state index contributed by atoms with van der Waals surface area (Å²) in [7, 11) is 0. The van der Waals surface area contributed by atoms with Gasteiger partial charge in [0.1, 0.15) is 5.60 Å². The second kappa shape index (κ2) is 8.50. The Kier molecular flexibility index (Phi) is 7.79. The van der Waals surface area contributed by atoms with Gasteiger partial charge in [0.15, 0.2) is 0 Å². The van der Waals surface area contributed by atoms with Gasteiger partial charge in [-0.05, 0) is 46.1 Å². The summed E-state index contributed by atoms with van der Waals surface area (Å²) in [5, 5.41) is 10.9. The van der Waals surface area contributed by atoms with Gasteiger partial charge in [-0.2, -0.15) is 4.39 Å². The Morgan fingerprint density at radius 3 is 2.42 bits per heavy atom. The van der Waals surface area contributed by atoms with E-state index < -0.39 is 23.5 Å². The molecular weight excluding hydrogens is 253 g/mol. The van der Waals surface area contributed by atoms with Crippen LogP contribution < -0.4 is 5.32 Å². The maximum absolute atomic E-state index is 12.6. The summed E-state index contributed by atoms with van der Waals surface area (Å²) in [6.07, 6.45) is 3.18. The lowest BCUT2D eigenvalue weighted by Crippen LogP contribution is -2.32. The van der Waals surface area contributed by atoms with Crippen molar-refractivity contribution in [3.05, 3.63) is 11.9 Å². The van der Waals surface area contributed by atoms with Crippen LogP contribution in [0.3, 0.4) is 0 Å². The highest BCUT2D eigenvalue weighted by Crippen LogP contribution is 2.07. The van der Waals surface area contributed by atoms with Crippen molar-refractivity contribution in [2.24, 2.45) is 0 Å². The van der Waals surface area contributed by atoms with Crippen molar-refractivity contribution in [2.45, 2.75) is 52.1 Å². The van der Waals surface area contributed by atoms with Gasteiger partial charge in [0.25, 0.3) is 0 Å². The molecule has 0 heterocycles. The van der Waals surface area contributed by atoms with Gasteiger partial charge in [-0.3, -0.25) is 0 Å². The monoisotopic (exact) mass is 275 g/mol. The second-order valence-electron chi connectivity index (χ2n) is 5.14. The Labute approximate surface area is 112 Å². The molecule has 5 nitrogen and oxygen atoms in total. The molecular formula is C13H22FNO4. The maximum atomic E-state index is 12.6. The molecule has 19 heavy (non-hydrogen) atoms. The number of unbranched alkanes of at least 4 members (excludes halogenated alkanes) is 3. The Morgan fingerprint density at radius 1 is 1.26 bits per heavy atom. The third-order valence-electron chi connectivity index (χ3n) is 2.08. The van der Waals surface area contributed by atoms with Gasteiger partial charge in [0, 0.05) is 6.54 Å². The van der Waals surface area contributed by atoms with E-state index in [1.54, 1.807) is 20.8 Å². The zero-order chi connectivity index (χ0) is 14.9. The van der Waals surface area contributed by atoms with E-state index in [1.165, 1.54) is 0 Å². The van der Waals surface area contributed by atoms with Gasteiger partial charge in [-0.1, -0.05) is 6.42 Å². The highest BCUT2D eigenvalue weighted by Gasteiger charge is 2.15. The first-order valence-corrected chi connectivity index (χ1v) is 6.28. The van der Waals surface area contributed by atoms with Crippen molar-refractivity contribution >= 4 is 12.1 Å². The zero-order valence-electron chi connectivity index (χ0n) is 11.7. The number of carbonyl (C=O) groups is 2. The molecule has 0 aliphatic heterocycles. The maximum Gasteiger partial charge on any atom is 0.407 e. The number of nitrogens with one attached hydrogen (secondary N) is 1. The normalized spacial score (nSPS) is 12.1. The first-order chi connectivity index (χ1) is 8.72. The van der Waals surface area contributed by atoms with E-state index in [0.717, 1.165) is 18.9 Å². The summed E-state index contributed by atoms with van der Waals surface area (Å²) in [4.78, 5) is 21.4. The van der Waals surface area contributed by atoms with Crippen molar-refractivity contribution in [3.8, 4) is 0 Å². The van der Waals surface area contributed by atoms with Crippen molar-refractivity contribution in [1.82, 2.24) is 5.32 Å². The third kappa shape index (κ3) is 11.2. The fraction of sp³-hybridized carbons (Fsp3) is 0.692. The molecule has 0 saturated carbocycles.